The van der Waals surface area contributed by atoms with Gasteiger partial charge in [-0.2, -0.15) is 0 Å². The molecule has 8 heteroatoms. The summed E-state index contributed by atoms with van der Waals surface area (Å²) in [6.07, 6.45) is 5.10. The van der Waals surface area contributed by atoms with Crippen molar-refractivity contribution in [3.8, 4) is 11.1 Å². The molecule has 5 rings (SSSR count). The zero-order valence-corrected chi connectivity index (χ0v) is 21.4. The maximum Gasteiger partial charge on any atom is 0.150 e. The van der Waals surface area contributed by atoms with E-state index in [1.165, 1.54) is 6.20 Å². The third-order valence-corrected chi connectivity index (χ3v) is 10.0. The summed E-state index contributed by atoms with van der Waals surface area (Å²) in [5, 5.41) is 12.6. The quantitative estimate of drug-likeness (QED) is 0.560. The molecule has 0 bridgehead atoms. The molecule has 6 nitrogen and oxygen atoms in total. The number of aromatic amines is 1. The van der Waals surface area contributed by atoms with Gasteiger partial charge in [0.2, 0.25) is 0 Å². The summed E-state index contributed by atoms with van der Waals surface area (Å²) in [6.45, 7) is 7.73. The van der Waals surface area contributed by atoms with Crippen molar-refractivity contribution in [1.29, 1.82) is 0 Å². The largest absolute Gasteiger partial charge is 0.384 e. The van der Waals surface area contributed by atoms with Gasteiger partial charge in [0.1, 0.15) is 15.5 Å². The van der Waals surface area contributed by atoms with Crippen molar-refractivity contribution in [1.82, 2.24) is 14.9 Å². The van der Waals surface area contributed by atoms with E-state index in [2.05, 4.69) is 41.7 Å². The monoisotopic (exact) mass is 499 g/mol. The lowest BCUT2D eigenvalue weighted by Gasteiger charge is -2.51. The van der Waals surface area contributed by atoms with Gasteiger partial charge in [0.25, 0.3) is 0 Å². The molecular weight excluding hydrogens is 465 g/mol. The maximum absolute atomic E-state index is 14.5. The Balaban J connectivity index is 1.46. The molecule has 2 fully saturated rings. The smallest absolute Gasteiger partial charge is 0.150 e. The molecule has 0 unspecified atom stereocenters. The van der Waals surface area contributed by atoms with Crippen LogP contribution in [-0.4, -0.2) is 59.0 Å². The van der Waals surface area contributed by atoms with Crippen LogP contribution >= 0.6 is 0 Å². The number of likely N-dealkylation sites (tertiary alicyclic amines) is 1. The Morgan fingerprint density at radius 2 is 1.86 bits per heavy atom. The van der Waals surface area contributed by atoms with Crippen molar-refractivity contribution >= 4 is 20.9 Å². The highest BCUT2D eigenvalue weighted by Crippen LogP contribution is 2.45. The van der Waals surface area contributed by atoms with Gasteiger partial charge in [-0.25, -0.2) is 17.8 Å². The van der Waals surface area contributed by atoms with Gasteiger partial charge < -0.3 is 10.1 Å². The van der Waals surface area contributed by atoms with Crippen molar-refractivity contribution in [2.75, 3.05) is 24.6 Å². The fourth-order valence-electron chi connectivity index (χ4n) is 6.32. The molecule has 3 aromatic rings. The molecule has 0 radical (unpaired) electrons. The van der Waals surface area contributed by atoms with Crippen LogP contribution in [0.4, 0.5) is 4.39 Å². The van der Waals surface area contributed by atoms with Crippen LogP contribution in [0.15, 0.2) is 36.7 Å². The second kappa shape index (κ2) is 8.98. The fourth-order valence-corrected chi connectivity index (χ4v) is 7.78. The van der Waals surface area contributed by atoms with Crippen LogP contribution in [0.3, 0.4) is 0 Å². The minimum absolute atomic E-state index is 0.0179. The predicted octanol–water partition coefficient (Wildman–Crippen LogP) is 4.28. The number of H-pyrrole nitrogens is 1. The number of rotatable bonds is 4. The Bertz CT molecular complexity index is 1330. The van der Waals surface area contributed by atoms with Crippen molar-refractivity contribution < 1.29 is 17.9 Å². The van der Waals surface area contributed by atoms with Crippen LogP contribution in [0.1, 0.15) is 44.7 Å². The molecule has 0 spiro atoms. The number of hydrogen-bond acceptors (Lipinski definition) is 5. The van der Waals surface area contributed by atoms with Crippen LogP contribution in [0.2, 0.25) is 0 Å². The lowest BCUT2D eigenvalue weighted by atomic mass is 9.68. The Kier molecular flexibility index (Phi) is 6.26. The lowest BCUT2D eigenvalue weighted by molar-refractivity contribution is -0.121. The first kappa shape index (κ1) is 24.4. The Labute approximate surface area is 206 Å². The molecule has 0 aliphatic carbocycles. The number of aromatic nitrogens is 2. The summed E-state index contributed by atoms with van der Waals surface area (Å²) < 4.78 is 38.3. The number of fused-ring (bicyclic) bond motifs is 1. The van der Waals surface area contributed by atoms with Crippen LogP contribution < -0.4 is 0 Å². The fraction of sp³-hybridized carbons (Fsp3) is 0.519. The van der Waals surface area contributed by atoms with Gasteiger partial charge in [0, 0.05) is 43.4 Å². The zero-order chi connectivity index (χ0) is 25.0. The number of benzene rings is 1. The summed E-state index contributed by atoms with van der Waals surface area (Å²) in [6, 6.07) is 8.15. The summed E-state index contributed by atoms with van der Waals surface area (Å²) in [5.74, 6) is 0.152. The van der Waals surface area contributed by atoms with Crippen LogP contribution in [0.25, 0.3) is 22.2 Å². The SMILES string of the molecule is CCc1cc(-c2ccnc3[nH]cc(F)c23)ccc1[C@@]1(O)[C@H](C)CN(C2CCS(=O)(=O)CC2)C[C@@H]1C. The first-order chi connectivity index (χ1) is 16.6. The summed E-state index contributed by atoms with van der Waals surface area (Å²) in [5.41, 5.74) is 3.21. The van der Waals surface area contributed by atoms with Crippen molar-refractivity contribution in [3.05, 3.63) is 53.6 Å². The first-order valence-electron chi connectivity index (χ1n) is 12.6. The van der Waals surface area contributed by atoms with Crippen molar-refractivity contribution in [2.45, 2.75) is 51.7 Å². The number of halogens is 1. The zero-order valence-electron chi connectivity index (χ0n) is 20.6. The molecule has 2 aliphatic heterocycles. The van der Waals surface area contributed by atoms with E-state index in [1.807, 2.05) is 18.2 Å². The number of piperidine rings is 1. The molecule has 4 heterocycles. The summed E-state index contributed by atoms with van der Waals surface area (Å²) in [7, 11) is -2.90. The predicted molar refractivity (Wildman–Crippen MR) is 136 cm³/mol. The average molecular weight is 500 g/mol. The molecule has 2 N–H and O–H groups in total. The topological polar surface area (TPSA) is 86.3 Å². The van der Waals surface area contributed by atoms with E-state index < -0.39 is 15.4 Å². The number of pyridine rings is 1. The third-order valence-electron chi connectivity index (χ3n) is 8.31. The number of hydrogen-bond donors (Lipinski definition) is 2. The van der Waals surface area contributed by atoms with Crippen LogP contribution in [-0.2, 0) is 21.9 Å². The molecule has 2 saturated heterocycles. The average Bonchev–Trinajstić information content (AvgIpc) is 3.22. The maximum atomic E-state index is 14.5. The minimum Gasteiger partial charge on any atom is -0.384 e. The molecule has 188 valence electrons. The molecule has 1 aromatic carbocycles. The highest BCUT2D eigenvalue weighted by molar-refractivity contribution is 7.91. The van der Waals surface area contributed by atoms with Gasteiger partial charge in [-0.05, 0) is 47.6 Å². The molecule has 2 aromatic heterocycles. The molecule has 2 aliphatic rings. The highest BCUT2D eigenvalue weighted by atomic mass is 32.2. The molecule has 35 heavy (non-hydrogen) atoms. The van der Waals surface area contributed by atoms with Gasteiger partial charge >= 0.3 is 0 Å². The summed E-state index contributed by atoms with van der Waals surface area (Å²) >= 11 is 0. The van der Waals surface area contributed by atoms with E-state index in [-0.39, 0.29) is 35.2 Å². The Morgan fingerprint density at radius 3 is 2.51 bits per heavy atom. The normalized spacial score (nSPS) is 27.9. The van der Waals surface area contributed by atoms with Gasteiger partial charge in [-0.3, -0.25) is 4.90 Å². The molecule has 0 saturated carbocycles. The van der Waals surface area contributed by atoms with E-state index in [0.29, 0.717) is 23.9 Å². The van der Waals surface area contributed by atoms with E-state index in [0.717, 1.165) is 41.8 Å². The van der Waals surface area contributed by atoms with Crippen LogP contribution in [0, 0.1) is 17.7 Å². The molecular formula is C27H34FN3O3S. The minimum atomic E-state index is -2.90. The highest BCUT2D eigenvalue weighted by Gasteiger charge is 2.48. The van der Waals surface area contributed by atoms with E-state index >= 15 is 0 Å². The molecule has 0 amide bonds. The first-order valence-corrected chi connectivity index (χ1v) is 14.4. The van der Waals surface area contributed by atoms with Crippen LogP contribution in [0.5, 0.6) is 0 Å². The van der Waals surface area contributed by atoms with Gasteiger partial charge in [-0.1, -0.05) is 39.0 Å². The van der Waals surface area contributed by atoms with E-state index in [1.54, 1.807) is 6.20 Å². The summed E-state index contributed by atoms with van der Waals surface area (Å²) in [4.78, 5) is 9.50. The van der Waals surface area contributed by atoms with E-state index in [4.69, 9.17) is 0 Å². The Morgan fingerprint density at radius 1 is 1.17 bits per heavy atom. The van der Waals surface area contributed by atoms with Gasteiger partial charge in [-0.15, -0.1) is 0 Å². The number of sulfone groups is 1. The second-order valence-electron chi connectivity index (χ2n) is 10.4. The van der Waals surface area contributed by atoms with E-state index in [9.17, 15) is 17.9 Å². The Hall–Kier alpha value is -2.29. The third kappa shape index (κ3) is 4.19. The van der Waals surface area contributed by atoms with Crippen molar-refractivity contribution in [2.24, 2.45) is 11.8 Å². The molecule has 3 atom stereocenters. The van der Waals surface area contributed by atoms with Gasteiger partial charge in [0.15, 0.2) is 5.82 Å². The number of aryl methyl sites for hydroxylation is 1. The van der Waals surface area contributed by atoms with Crippen molar-refractivity contribution in [3.63, 3.8) is 0 Å². The standard InChI is InChI=1S/C27H34FN3O3S/c1-4-19-13-20(22-7-10-29-26-25(22)24(28)14-30-26)5-6-23(19)27(32)17(2)15-31(16-18(27)3)21-8-11-35(33,34)12-9-21/h5-7,10,13-14,17-18,21,32H,4,8-9,11-12,15-16H2,1-3H3,(H,29,30)/t17-,18+,27-. The second-order valence-corrected chi connectivity index (χ2v) is 12.7. The van der Waals surface area contributed by atoms with Gasteiger partial charge in [0.05, 0.1) is 22.5 Å². The number of nitrogens with zero attached hydrogens (tertiary/aromatic N) is 2. The lowest BCUT2D eigenvalue weighted by Crippen LogP contribution is -2.58. The number of aliphatic hydroxyl groups is 1. The number of nitrogens with one attached hydrogen (secondary N) is 1.